The molecule has 1 aromatic carbocycles. The molecule has 0 radical (unpaired) electrons. The standard InChI is InChI=1S/C18H20O5/c1-14-3-7-17(8-4-14)23-18(20)15-5-9-16(10-6-15)22-12-2-11-21-13-19/h3-7,9-10,13,17H,2,8,11-12H2,1H3/t17-/m1/s1. The maximum absolute atomic E-state index is 12.1. The highest BCUT2D eigenvalue weighted by atomic mass is 16.5. The second-order valence-corrected chi connectivity index (χ2v) is 5.18. The fourth-order valence-electron chi connectivity index (χ4n) is 2.07. The zero-order valence-corrected chi connectivity index (χ0v) is 13.1. The molecule has 1 aliphatic rings. The minimum atomic E-state index is -0.349. The van der Waals surface area contributed by atoms with E-state index in [-0.39, 0.29) is 12.1 Å². The van der Waals surface area contributed by atoms with Crippen molar-refractivity contribution in [3.63, 3.8) is 0 Å². The van der Waals surface area contributed by atoms with Crippen molar-refractivity contribution >= 4 is 12.4 Å². The summed E-state index contributed by atoms with van der Waals surface area (Å²) < 4.78 is 15.5. The van der Waals surface area contributed by atoms with Crippen molar-refractivity contribution in [2.24, 2.45) is 0 Å². The predicted octanol–water partition coefficient (Wildman–Crippen LogP) is 3.06. The molecule has 23 heavy (non-hydrogen) atoms. The number of esters is 1. The Balaban J connectivity index is 1.78. The molecular weight excluding hydrogens is 296 g/mol. The largest absolute Gasteiger partial charge is 0.493 e. The molecule has 1 atom stereocenters. The van der Waals surface area contributed by atoms with Crippen LogP contribution in [-0.4, -0.2) is 31.8 Å². The fraction of sp³-hybridized carbons (Fsp3) is 0.333. The lowest BCUT2D eigenvalue weighted by atomic mass is 10.1. The number of carbonyl (C=O) groups is 2. The molecule has 2 rings (SSSR count). The number of carbonyl (C=O) groups excluding carboxylic acids is 2. The van der Waals surface area contributed by atoms with Gasteiger partial charge in [0.05, 0.1) is 18.8 Å². The van der Waals surface area contributed by atoms with E-state index in [1.807, 2.05) is 25.2 Å². The van der Waals surface area contributed by atoms with Crippen molar-refractivity contribution < 1.29 is 23.8 Å². The van der Waals surface area contributed by atoms with E-state index < -0.39 is 0 Å². The number of allylic oxidation sites excluding steroid dienone is 2. The van der Waals surface area contributed by atoms with E-state index in [9.17, 15) is 9.59 Å². The molecule has 0 fully saturated rings. The van der Waals surface area contributed by atoms with Crippen LogP contribution in [0.15, 0.2) is 48.1 Å². The van der Waals surface area contributed by atoms with Crippen molar-refractivity contribution in [2.75, 3.05) is 13.2 Å². The topological polar surface area (TPSA) is 61.8 Å². The minimum absolute atomic E-state index is 0.208. The summed E-state index contributed by atoms with van der Waals surface area (Å²) in [6, 6.07) is 6.79. The molecule has 0 spiro atoms. The van der Waals surface area contributed by atoms with Gasteiger partial charge in [-0.05, 0) is 37.3 Å². The fourth-order valence-corrected chi connectivity index (χ4v) is 2.07. The summed E-state index contributed by atoms with van der Waals surface area (Å²) in [6.45, 7) is 3.20. The number of rotatable bonds is 8. The predicted molar refractivity (Wildman–Crippen MR) is 85.3 cm³/mol. The average Bonchev–Trinajstić information content (AvgIpc) is 2.57. The van der Waals surface area contributed by atoms with Gasteiger partial charge in [0.25, 0.3) is 6.47 Å². The van der Waals surface area contributed by atoms with E-state index in [4.69, 9.17) is 9.47 Å². The van der Waals surface area contributed by atoms with Crippen LogP contribution in [0.3, 0.4) is 0 Å². The van der Waals surface area contributed by atoms with Crippen LogP contribution in [0.25, 0.3) is 0 Å². The third kappa shape index (κ3) is 5.62. The van der Waals surface area contributed by atoms with Crippen molar-refractivity contribution in [2.45, 2.75) is 25.9 Å². The van der Waals surface area contributed by atoms with Crippen LogP contribution in [0.5, 0.6) is 5.75 Å². The second kappa shape index (κ2) is 8.78. The van der Waals surface area contributed by atoms with Gasteiger partial charge in [0.2, 0.25) is 0 Å². The van der Waals surface area contributed by atoms with E-state index in [1.54, 1.807) is 24.3 Å². The van der Waals surface area contributed by atoms with E-state index in [0.717, 1.165) is 0 Å². The van der Waals surface area contributed by atoms with Crippen LogP contribution in [-0.2, 0) is 14.3 Å². The van der Waals surface area contributed by atoms with Crippen LogP contribution in [0.2, 0.25) is 0 Å². The van der Waals surface area contributed by atoms with Gasteiger partial charge in [-0.15, -0.1) is 0 Å². The average molecular weight is 316 g/mol. The highest BCUT2D eigenvalue weighted by Gasteiger charge is 2.14. The summed E-state index contributed by atoms with van der Waals surface area (Å²) in [5.41, 5.74) is 1.67. The molecule has 1 aromatic rings. The Bertz CT molecular complexity index is 586. The Hall–Kier alpha value is -2.56. The smallest absolute Gasteiger partial charge is 0.338 e. The van der Waals surface area contributed by atoms with Crippen molar-refractivity contribution in [1.82, 2.24) is 0 Å². The number of hydrogen-bond acceptors (Lipinski definition) is 5. The van der Waals surface area contributed by atoms with Crippen LogP contribution in [0.1, 0.15) is 30.1 Å². The Morgan fingerprint density at radius 2 is 2.04 bits per heavy atom. The molecule has 0 saturated carbocycles. The molecule has 0 amide bonds. The Labute approximate surface area is 135 Å². The van der Waals surface area contributed by atoms with Gasteiger partial charge in [0, 0.05) is 12.8 Å². The second-order valence-electron chi connectivity index (χ2n) is 5.18. The molecule has 0 heterocycles. The van der Waals surface area contributed by atoms with Gasteiger partial charge >= 0.3 is 5.97 Å². The summed E-state index contributed by atoms with van der Waals surface area (Å²) in [4.78, 5) is 22.1. The first kappa shape index (κ1) is 16.8. The van der Waals surface area contributed by atoms with Crippen molar-refractivity contribution in [1.29, 1.82) is 0 Å². The van der Waals surface area contributed by atoms with E-state index in [1.165, 1.54) is 5.57 Å². The maximum Gasteiger partial charge on any atom is 0.338 e. The first-order valence-corrected chi connectivity index (χ1v) is 7.53. The molecule has 0 saturated heterocycles. The van der Waals surface area contributed by atoms with Gasteiger partial charge < -0.3 is 14.2 Å². The van der Waals surface area contributed by atoms with E-state index in [2.05, 4.69) is 4.74 Å². The SMILES string of the molecule is CC1=CC[C@H](OC(=O)c2ccc(OCCCOC=O)cc2)C=C1. The lowest BCUT2D eigenvalue weighted by molar-refractivity contribution is -0.128. The van der Waals surface area contributed by atoms with Gasteiger partial charge in [-0.2, -0.15) is 0 Å². The van der Waals surface area contributed by atoms with Gasteiger partial charge in [-0.25, -0.2) is 4.79 Å². The van der Waals surface area contributed by atoms with Crippen LogP contribution in [0.4, 0.5) is 0 Å². The van der Waals surface area contributed by atoms with Crippen molar-refractivity contribution in [3.05, 3.63) is 53.6 Å². The maximum atomic E-state index is 12.1. The quantitative estimate of drug-likeness (QED) is 0.419. The van der Waals surface area contributed by atoms with Gasteiger partial charge in [-0.1, -0.05) is 17.7 Å². The summed E-state index contributed by atoms with van der Waals surface area (Å²) in [7, 11) is 0. The Kier molecular flexibility index (Phi) is 6.41. The summed E-state index contributed by atoms with van der Waals surface area (Å²) >= 11 is 0. The highest BCUT2D eigenvalue weighted by molar-refractivity contribution is 5.89. The zero-order chi connectivity index (χ0) is 16.5. The van der Waals surface area contributed by atoms with E-state index >= 15 is 0 Å². The third-order valence-electron chi connectivity index (χ3n) is 3.34. The van der Waals surface area contributed by atoms with Gasteiger partial charge in [0.1, 0.15) is 11.9 Å². The monoisotopic (exact) mass is 316 g/mol. The first-order valence-electron chi connectivity index (χ1n) is 7.53. The van der Waals surface area contributed by atoms with Gasteiger partial charge in [0.15, 0.2) is 0 Å². The number of ether oxygens (including phenoxy) is 3. The van der Waals surface area contributed by atoms with E-state index in [0.29, 0.717) is 43.8 Å². The summed E-state index contributed by atoms with van der Waals surface area (Å²) in [6.07, 6.45) is 7.00. The molecule has 0 bridgehead atoms. The minimum Gasteiger partial charge on any atom is -0.493 e. The molecule has 5 heteroatoms. The van der Waals surface area contributed by atoms with Crippen LogP contribution < -0.4 is 4.74 Å². The zero-order valence-electron chi connectivity index (χ0n) is 13.1. The Morgan fingerprint density at radius 1 is 1.26 bits per heavy atom. The third-order valence-corrected chi connectivity index (χ3v) is 3.34. The Morgan fingerprint density at radius 3 is 2.70 bits per heavy atom. The lowest BCUT2D eigenvalue weighted by Gasteiger charge is -2.16. The summed E-state index contributed by atoms with van der Waals surface area (Å²) in [5, 5.41) is 0. The number of benzene rings is 1. The van der Waals surface area contributed by atoms with Gasteiger partial charge in [-0.3, -0.25) is 4.79 Å². The molecular formula is C18H20O5. The van der Waals surface area contributed by atoms with Crippen LogP contribution in [0, 0.1) is 0 Å². The lowest BCUT2D eigenvalue weighted by Crippen LogP contribution is -2.17. The molecule has 5 nitrogen and oxygen atoms in total. The molecule has 0 aromatic heterocycles. The van der Waals surface area contributed by atoms with Crippen LogP contribution >= 0.6 is 0 Å². The normalized spacial score (nSPS) is 16.4. The first-order chi connectivity index (χ1) is 11.2. The molecule has 0 aliphatic heterocycles. The molecule has 0 N–H and O–H groups in total. The summed E-state index contributed by atoms with van der Waals surface area (Å²) in [5.74, 6) is 0.308. The number of hydrogen-bond donors (Lipinski definition) is 0. The molecule has 1 aliphatic carbocycles. The molecule has 122 valence electrons. The highest BCUT2D eigenvalue weighted by Crippen LogP contribution is 2.17. The molecule has 0 unspecified atom stereocenters. The van der Waals surface area contributed by atoms with Crippen molar-refractivity contribution in [3.8, 4) is 5.75 Å².